The number of halogens is 1. The Bertz CT molecular complexity index is 747. The lowest BCUT2D eigenvalue weighted by Crippen LogP contribution is -2.48. The van der Waals surface area contributed by atoms with Gasteiger partial charge in [0, 0.05) is 29.2 Å². The molecule has 1 aliphatic heterocycles. The first-order valence-electron chi connectivity index (χ1n) is 7.70. The van der Waals surface area contributed by atoms with Crippen LogP contribution < -0.4 is 0 Å². The van der Waals surface area contributed by atoms with E-state index in [0.717, 1.165) is 5.56 Å². The topological polar surface area (TPSA) is 81.0 Å². The number of β-amino-alcohol motifs (C(OH)–C–C–N with tert-alkyl or cyclic N) is 1. The van der Waals surface area contributed by atoms with Gasteiger partial charge in [-0.15, -0.1) is 0 Å². The Labute approximate surface area is 144 Å². The maximum atomic E-state index is 12.5. The van der Waals surface area contributed by atoms with Gasteiger partial charge in [0.25, 0.3) is 5.91 Å². The van der Waals surface area contributed by atoms with Gasteiger partial charge < -0.3 is 20.2 Å². The molecule has 1 amide bonds. The number of phenols is 1. The number of nitrogens with zero attached hydrogens (tertiary/aromatic N) is 1. The number of aromatic hydroxyl groups is 1. The number of amides is 1. The Morgan fingerprint density at radius 2 is 1.79 bits per heavy atom. The highest BCUT2D eigenvalue weighted by atomic mass is 35.5. The van der Waals surface area contributed by atoms with Crippen LogP contribution in [0.4, 0.5) is 0 Å². The van der Waals surface area contributed by atoms with Crippen LogP contribution in [0.1, 0.15) is 16.8 Å². The molecule has 126 valence electrons. The smallest absolute Gasteiger partial charge is 0.253 e. The molecule has 1 heterocycles. The number of benzene rings is 2. The third kappa shape index (κ3) is 3.38. The van der Waals surface area contributed by atoms with Crippen LogP contribution in [0.15, 0.2) is 42.5 Å². The standard InChI is InChI=1S/C18H18ClNO4/c19-13-5-6-15(21)14(9-13)11-1-3-12(4-2-11)18(24)20-8-7-16(22)17(23)10-20/h1-6,9,16-17,21-23H,7-8,10H2/t16-,17-/m0/s1. The van der Waals surface area contributed by atoms with Crippen molar-refractivity contribution in [2.24, 2.45) is 0 Å². The van der Waals surface area contributed by atoms with Gasteiger partial charge in [-0.2, -0.15) is 0 Å². The number of phenolic OH excluding ortho intramolecular Hbond substituents is 1. The van der Waals surface area contributed by atoms with Crippen LogP contribution in [-0.4, -0.2) is 51.4 Å². The second-order valence-corrected chi connectivity index (χ2v) is 6.35. The molecule has 0 saturated carbocycles. The molecular formula is C18H18ClNO4. The van der Waals surface area contributed by atoms with Crippen LogP contribution in [0.5, 0.6) is 5.75 Å². The highest BCUT2D eigenvalue weighted by Crippen LogP contribution is 2.31. The summed E-state index contributed by atoms with van der Waals surface area (Å²) in [6.07, 6.45) is -1.32. The van der Waals surface area contributed by atoms with Gasteiger partial charge in [0.1, 0.15) is 5.75 Å². The molecular weight excluding hydrogens is 330 g/mol. The van der Waals surface area contributed by atoms with Gasteiger partial charge in [-0.05, 0) is 42.3 Å². The van der Waals surface area contributed by atoms with E-state index in [4.69, 9.17) is 11.6 Å². The molecule has 2 aromatic rings. The number of carbonyl (C=O) groups excluding carboxylic acids is 1. The number of piperidine rings is 1. The van der Waals surface area contributed by atoms with Gasteiger partial charge >= 0.3 is 0 Å². The number of aliphatic hydroxyl groups is 2. The number of carbonyl (C=O) groups is 1. The fourth-order valence-corrected chi connectivity index (χ4v) is 2.99. The van der Waals surface area contributed by atoms with E-state index in [2.05, 4.69) is 0 Å². The van der Waals surface area contributed by atoms with Crippen LogP contribution in [0.3, 0.4) is 0 Å². The summed E-state index contributed by atoms with van der Waals surface area (Å²) in [7, 11) is 0. The highest BCUT2D eigenvalue weighted by molar-refractivity contribution is 6.31. The molecule has 0 unspecified atom stereocenters. The van der Waals surface area contributed by atoms with Crippen molar-refractivity contribution >= 4 is 17.5 Å². The summed E-state index contributed by atoms with van der Waals surface area (Å²) in [5.41, 5.74) is 1.84. The molecule has 6 heteroatoms. The molecule has 1 fully saturated rings. The van der Waals surface area contributed by atoms with E-state index in [-0.39, 0.29) is 18.2 Å². The molecule has 3 rings (SSSR count). The molecule has 5 nitrogen and oxygen atoms in total. The predicted octanol–water partition coefficient (Wildman–Crippen LogP) is 2.28. The second kappa shape index (κ2) is 6.81. The van der Waals surface area contributed by atoms with E-state index in [0.29, 0.717) is 29.1 Å². The third-order valence-electron chi connectivity index (χ3n) is 4.24. The lowest BCUT2D eigenvalue weighted by Gasteiger charge is -2.33. The van der Waals surface area contributed by atoms with Crippen molar-refractivity contribution < 1.29 is 20.1 Å². The van der Waals surface area contributed by atoms with Crippen molar-refractivity contribution in [3.8, 4) is 16.9 Å². The molecule has 0 radical (unpaired) electrons. The summed E-state index contributed by atoms with van der Waals surface area (Å²) >= 11 is 5.96. The summed E-state index contributed by atoms with van der Waals surface area (Å²) < 4.78 is 0. The number of hydrogen-bond donors (Lipinski definition) is 3. The van der Waals surface area contributed by atoms with Crippen molar-refractivity contribution in [3.63, 3.8) is 0 Å². The summed E-state index contributed by atoms with van der Waals surface area (Å²) in [5.74, 6) is -0.0746. The first-order valence-corrected chi connectivity index (χ1v) is 8.08. The minimum atomic E-state index is -0.912. The van der Waals surface area contributed by atoms with Crippen molar-refractivity contribution in [3.05, 3.63) is 53.1 Å². The molecule has 0 spiro atoms. The Balaban J connectivity index is 1.79. The summed E-state index contributed by atoms with van der Waals surface area (Å²) in [4.78, 5) is 14.0. The van der Waals surface area contributed by atoms with Crippen LogP contribution in [0.25, 0.3) is 11.1 Å². The minimum absolute atomic E-state index is 0.117. The molecule has 3 N–H and O–H groups in total. The fraction of sp³-hybridized carbons (Fsp3) is 0.278. The van der Waals surface area contributed by atoms with E-state index in [1.54, 1.807) is 36.4 Å². The number of rotatable bonds is 2. The number of likely N-dealkylation sites (tertiary alicyclic amines) is 1. The molecule has 24 heavy (non-hydrogen) atoms. The summed E-state index contributed by atoms with van der Waals surface area (Å²) in [6.45, 7) is 0.532. The van der Waals surface area contributed by atoms with Crippen LogP contribution in [-0.2, 0) is 0 Å². The number of hydrogen-bond acceptors (Lipinski definition) is 4. The van der Waals surface area contributed by atoms with Gasteiger partial charge in [0.05, 0.1) is 12.2 Å². The quantitative estimate of drug-likeness (QED) is 0.778. The Kier molecular flexibility index (Phi) is 4.76. The molecule has 2 aromatic carbocycles. The third-order valence-corrected chi connectivity index (χ3v) is 4.47. The van der Waals surface area contributed by atoms with Crippen LogP contribution >= 0.6 is 11.6 Å². The first-order chi connectivity index (χ1) is 11.5. The van der Waals surface area contributed by atoms with Gasteiger partial charge in [-0.25, -0.2) is 0 Å². The molecule has 2 atom stereocenters. The zero-order chi connectivity index (χ0) is 17.3. The van der Waals surface area contributed by atoms with Gasteiger partial charge in [-0.1, -0.05) is 23.7 Å². The van der Waals surface area contributed by atoms with E-state index in [1.165, 1.54) is 11.0 Å². The largest absolute Gasteiger partial charge is 0.507 e. The van der Waals surface area contributed by atoms with Crippen molar-refractivity contribution in [2.45, 2.75) is 18.6 Å². The molecule has 0 bridgehead atoms. The molecule has 1 aliphatic rings. The zero-order valence-electron chi connectivity index (χ0n) is 12.9. The average molecular weight is 348 g/mol. The highest BCUT2D eigenvalue weighted by Gasteiger charge is 2.29. The predicted molar refractivity (Wildman–Crippen MR) is 91.1 cm³/mol. The lowest BCUT2D eigenvalue weighted by molar-refractivity contribution is -0.0321. The Hall–Kier alpha value is -2.08. The van der Waals surface area contributed by atoms with Crippen molar-refractivity contribution in [1.82, 2.24) is 4.90 Å². The minimum Gasteiger partial charge on any atom is -0.507 e. The van der Waals surface area contributed by atoms with E-state index in [1.807, 2.05) is 0 Å². The summed E-state index contributed by atoms with van der Waals surface area (Å²) in [6, 6.07) is 11.6. The van der Waals surface area contributed by atoms with Crippen molar-refractivity contribution in [2.75, 3.05) is 13.1 Å². The second-order valence-electron chi connectivity index (χ2n) is 5.91. The van der Waals surface area contributed by atoms with Gasteiger partial charge in [-0.3, -0.25) is 4.79 Å². The lowest BCUT2D eigenvalue weighted by atomic mass is 10.0. The van der Waals surface area contributed by atoms with Crippen LogP contribution in [0.2, 0.25) is 5.02 Å². The van der Waals surface area contributed by atoms with Gasteiger partial charge in [0.15, 0.2) is 0 Å². The molecule has 0 aromatic heterocycles. The Morgan fingerprint density at radius 1 is 1.08 bits per heavy atom. The first kappa shape index (κ1) is 16.8. The summed E-state index contributed by atoms with van der Waals surface area (Å²) in [5, 5.41) is 29.7. The molecule has 0 aliphatic carbocycles. The molecule has 1 saturated heterocycles. The maximum Gasteiger partial charge on any atom is 0.253 e. The van der Waals surface area contributed by atoms with Crippen LogP contribution in [0, 0.1) is 0 Å². The van der Waals surface area contributed by atoms with Crippen molar-refractivity contribution in [1.29, 1.82) is 0 Å². The average Bonchev–Trinajstić information content (AvgIpc) is 2.59. The Morgan fingerprint density at radius 3 is 2.46 bits per heavy atom. The SMILES string of the molecule is O=C(c1ccc(-c2cc(Cl)ccc2O)cc1)N1CC[C@H](O)[C@@H](O)C1. The monoisotopic (exact) mass is 347 g/mol. The number of aliphatic hydroxyl groups excluding tert-OH is 2. The van der Waals surface area contributed by atoms with E-state index in [9.17, 15) is 20.1 Å². The van der Waals surface area contributed by atoms with Gasteiger partial charge in [0.2, 0.25) is 0 Å². The normalized spacial score (nSPS) is 20.9. The maximum absolute atomic E-state index is 12.5. The van der Waals surface area contributed by atoms with E-state index < -0.39 is 12.2 Å². The zero-order valence-corrected chi connectivity index (χ0v) is 13.6. The van der Waals surface area contributed by atoms with E-state index >= 15 is 0 Å². The fourth-order valence-electron chi connectivity index (χ4n) is 2.82.